The number of hydrogen-bond acceptors (Lipinski definition) is 6. The highest BCUT2D eigenvalue weighted by molar-refractivity contribution is 6.33. The molecule has 9 nitrogen and oxygen atoms in total. The zero-order chi connectivity index (χ0) is 20.1. The van der Waals surface area contributed by atoms with Gasteiger partial charge in [0.1, 0.15) is 17.8 Å². The molecule has 0 aromatic carbocycles. The van der Waals surface area contributed by atoms with Crippen molar-refractivity contribution in [2.24, 2.45) is 5.92 Å². The van der Waals surface area contributed by atoms with E-state index in [2.05, 4.69) is 20.2 Å². The van der Waals surface area contributed by atoms with Crippen molar-refractivity contribution in [3.63, 3.8) is 0 Å². The van der Waals surface area contributed by atoms with Gasteiger partial charge in [-0.05, 0) is 18.4 Å². The second-order valence-corrected chi connectivity index (χ2v) is 7.95. The smallest absolute Gasteiger partial charge is 0.273 e. The first-order valence-electron chi connectivity index (χ1n) is 9.30. The lowest BCUT2D eigenvalue weighted by Gasteiger charge is -2.42. The summed E-state index contributed by atoms with van der Waals surface area (Å²) in [5.41, 5.74) is 8.22. The highest BCUT2D eigenvalue weighted by atomic mass is 35.5. The number of nitrogen functional groups attached to an aromatic ring is 1. The number of halogens is 1. The zero-order valence-corrected chi connectivity index (χ0v) is 16.1. The van der Waals surface area contributed by atoms with E-state index >= 15 is 0 Å². The summed E-state index contributed by atoms with van der Waals surface area (Å²) >= 11 is 6.07. The van der Waals surface area contributed by atoms with Gasteiger partial charge in [0.25, 0.3) is 11.5 Å². The number of rotatable bonds is 2. The Hall–Kier alpha value is -3.20. The quantitative estimate of drug-likeness (QED) is 0.659. The van der Waals surface area contributed by atoms with Crippen molar-refractivity contribution in [1.29, 1.82) is 0 Å². The van der Waals surface area contributed by atoms with Crippen LogP contribution < -0.4 is 11.3 Å². The van der Waals surface area contributed by atoms with Gasteiger partial charge in [0.15, 0.2) is 0 Å². The third kappa shape index (κ3) is 3.07. The number of piperidine rings is 1. The number of fused-ring (bicyclic) bond motifs is 4. The van der Waals surface area contributed by atoms with E-state index in [0.717, 1.165) is 12.1 Å². The molecule has 0 saturated carbocycles. The molecule has 3 aromatic heterocycles. The molecule has 1 amide bonds. The molecule has 3 aromatic rings. The Morgan fingerprint density at radius 2 is 2.07 bits per heavy atom. The van der Waals surface area contributed by atoms with Crippen LogP contribution in [-0.2, 0) is 6.54 Å². The monoisotopic (exact) mass is 411 g/mol. The maximum absolute atomic E-state index is 12.9. The van der Waals surface area contributed by atoms with Crippen molar-refractivity contribution in [3.8, 4) is 11.3 Å². The van der Waals surface area contributed by atoms with Gasteiger partial charge in [-0.25, -0.2) is 9.97 Å². The molecule has 5 heterocycles. The predicted octanol–water partition coefficient (Wildman–Crippen LogP) is 1.52. The first-order valence-corrected chi connectivity index (χ1v) is 9.68. The van der Waals surface area contributed by atoms with Crippen molar-refractivity contribution in [2.45, 2.75) is 18.9 Å². The number of aromatic amines is 1. The normalized spacial score (nSPS) is 20.4. The average Bonchev–Trinajstić information content (AvgIpc) is 3.14. The molecule has 10 heteroatoms. The van der Waals surface area contributed by atoms with Gasteiger partial charge >= 0.3 is 0 Å². The maximum atomic E-state index is 12.9. The van der Waals surface area contributed by atoms with Crippen LogP contribution in [0.2, 0.25) is 5.02 Å². The van der Waals surface area contributed by atoms with Gasteiger partial charge in [-0.2, -0.15) is 5.10 Å². The van der Waals surface area contributed by atoms with E-state index in [9.17, 15) is 9.59 Å². The lowest BCUT2D eigenvalue weighted by Crippen LogP contribution is -2.49. The lowest BCUT2D eigenvalue weighted by molar-refractivity contribution is 0.0589. The Bertz CT molecular complexity index is 1170. The number of likely N-dealkylation sites (tertiary alicyclic amines) is 1. The molecule has 2 aliphatic rings. The number of nitrogens with zero attached hydrogens (tertiary/aromatic N) is 5. The van der Waals surface area contributed by atoms with Crippen LogP contribution in [0, 0.1) is 5.92 Å². The molecule has 2 atom stereocenters. The fraction of sp³-hybridized carbons (Fsp3) is 0.316. The molecule has 0 radical (unpaired) electrons. The third-order valence-corrected chi connectivity index (χ3v) is 5.92. The first kappa shape index (κ1) is 17.9. The molecule has 0 spiro atoms. The maximum Gasteiger partial charge on any atom is 0.273 e. The molecule has 29 heavy (non-hydrogen) atoms. The number of H-pyrrole nitrogens is 1. The van der Waals surface area contributed by atoms with Crippen LogP contribution >= 0.6 is 11.6 Å². The Balaban J connectivity index is 1.51. The minimum atomic E-state index is -0.169. The Kier molecular flexibility index (Phi) is 4.13. The van der Waals surface area contributed by atoms with Gasteiger partial charge in [-0.1, -0.05) is 11.6 Å². The molecule has 2 bridgehead atoms. The number of nitrogens with two attached hydrogens (primary N) is 1. The molecule has 0 unspecified atom stereocenters. The van der Waals surface area contributed by atoms with Crippen LogP contribution in [0.25, 0.3) is 11.3 Å². The summed E-state index contributed by atoms with van der Waals surface area (Å²) in [6.45, 7) is 1.68. The van der Waals surface area contributed by atoms with Crippen LogP contribution in [0.15, 0.2) is 35.5 Å². The van der Waals surface area contributed by atoms with Gasteiger partial charge in [-0.15, -0.1) is 0 Å². The lowest BCUT2D eigenvalue weighted by atomic mass is 9.82. The van der Waals surface area contributed by atoms with E-state index in [4.69, 9.17) is 17.3 Å². The summed E-state index contributed by atoms with van der Waals surface area (Å²) in [6, 6.07) is 5.20. The molecule has 148 valence electrons. The summed E-state index contributed by atoms with van der Waals surface area (Å²) in [7, 11) is 0. The summed E-state index contributed by atoms with van der Waals surface area (Å²) in [5.74, 6) is 0.446. The largest absolute Gasteiger partial charge is 0.384 e. The first-order chi connectivity index (χ1) is 14.0. The number of carbonyl (C=O) groups excluding carboxylic acids is 1. The van der Waals surface area contributed by atoms with E-state index in [-0.39, 0.29) is 23.3 Å². The summed E-state index contributed by atoms with van der Waals surface area (Å²) in [6.07, 6.45) is 3.73. The van der Waals surface area contributed by atoms with E-state index in [0.29, 0.717) is 47.4 Å². The number of aromatic nitrogens is 5. The van der Waals surface area contributed by atoms with E-state index in [1.807, 2.05) is 10.6 Å². The molecule has 1 fully saturated rings. The predicted molar refractivity (Wildman–Crippen MR) is 106 cm³/mol. The van der Waals surface area contributed by atoms with Gasteiger partial charge in [0.2, 0.25) is 0 Å². The average molecular weight is 412 g/mol. The summed E-state index contributed by atoms with van der Waals surface area (Å²) in [4.78, 5) is 35.6. The van der Waals surface area contributed by atoms with E-state index in [1.54, 1.807) is 17.0 Å². The topological polar surface area (TPSA) is 123 Å². The molecule has 1 saturated heterocycles. The fourth-order valence-corrected chi connectivity index (χ4v) is 4.55. The number of amides is 1. The van der Waals surface area contributed by atoms with Crippen molar-refractivity contribution >= 4 is 23.3 Å². The van der Waals surface area contributed by atoms with Crippen LogP contribution in [0.1, 0.15) is 28.5 Å². The van der Waals surface area contributed by atoms with Gasteiger partial charge < -0.3 is 15.2 Å². The van der Waals surface area contributed by atoms with E-state index in [1.165, 1.54) is 12.5 Å². The van der Waals surface area contributed by atoms with Crippen molar-refractivity contribution in [3.05, 3.63) is 57.5 Å². The highest BCUT2D eigenvalue weighted by Crippen LogP contribution is 2.37. The van der Waals surface area contributed by atoms with Crippen molar-refractivity contribution in [2.75, 3.05) is 18.8 Å². The molecule has 2 aliphatic heterocycles. The van der Waals surface area contributed by atoms with Gasteiger partial charge in [0, 0.05) is 48.9 Å². The Labute approximate surface area is 170 Å². The summed E-state index contributed by atoms with van der Waals surface area (Å²) < 4.78 is 1.82. The van der Waals surface area contributed by atoms with Gasteiger partial charge in [0.05, 0.1) is 16.9 Å². The van der Waals surface area contributed by atoms with Crippen LogP contribution in [0.5, 0.6) is 0 Å². The van der Waals surface area contributed by atoms with Crippen LogP contribution in [0.3, 0.4) is 0 Å². The molecule has 0 aliphatic carbocycles. The van der Waals surface area contributed by atoms with Crippen molar-refractivity contribution in [1.82, 2.24) is 29.6 Å². The standard InChI is InChI=1S/C19H18ClN7O2/c20-13-5-24-25-18(13)19(29)26-6-10-1-12(8-26)15-2-11(3-17(28)27(15)7-10)14-4-16(21)23-9-22-14/h2-5,9-10,12H,1,6-8H2,(H,24,25)(H2,21,22,23)/t10-,12+/m0/s1. The molecular formula is C19H18ClN7O2. The number of nitrogens with one attached hydrogen (secondary N) is 1. The SMILES string of the molecule is Nc1cc(-c2cc3n(c(=O)c2)C[C@H]2C[C@@H]3CN(C(=O)c3[nH]ncc3Cl)C2)ncn1. The van der Waals surface area contributed by atoms with Crippen LogP contribution in [0.4, 0.5) is 5.82 Å². The van der Waals surface area contributed by atoms with Crippen molar-refractivity contribution < 1.29 is 4.79 Å². The minimum absolute atomic E-state index is 0.0555. The second-order valence-electron chi connectivity index (χ2n) is 7.55. The number of hydrogen-bond donors (Lipinski definition) is 2. The minimum Gasteiger partial charge on any atom is -0.384 e. The Morgan fingerprint density at radius 1 is 1.21 bits per heavy atom. The number of anilines is 1. The van der Waals surface area contributed by atoms with Crippen LogP contribution in [-0.4, -0.2) is 48.6 Å². The molecule has 5 rings (SSSR count). The van der Waals surface area contributed by atoms with E-state index < -0.39 is 0 Å². The molecule has 3 N–H and O–H groups in total. The fourth-order valence-electron chi connectivity index (χ4n) is 4.38. The molecular weight excluding hydrogens is 394 g/mol. The Morgan fingerprint density at radius 3 is 2.83 bits per heavy atom. The highest BCUT2D eigenvalue weighted by Gasteiger charge is 2.37. The second kappa shape index (κ2) is 6.70. The number of pyridine rings is 1. The number of carbonyl (C=O) groups is 1. The zero-order valence-electron chi connectivity index (χ0n) is 15.4. The van der Waals surface area contributed by atoms with Gasteiger partial charge in [-0.3, -0.25) is 14.7 Å². The summed E-state index contributed by atoms with van der Waals surface area (Å²) in [5, 5.41) is 6.83. The third-order valence-electron chi connectivity index (χ3n) is 5.63.